The quantitative estimate of drug-likeness (QED) is 0.0231. The van der Waals surface area contributed by atoms with Crippen LogP contribution in [0, 0.1) is 0 Å². The molecule has 0 spiro atoms. The first-order valence-corrected chi connectivity index (χ1v) is 26.4. The summed E-state index contributed by atoms with van der Waals surface area (Å²) in [6, 6.07) is 6.92. The van der Waals surface area contributed by atoms with E-state index in [0.29, 0.717) is 25.7 Å². The van der Waals surface area contributed by atoms with Crippen LogP contribution < -0.4 is 29.1 Å². The Bertz CT molecular complexity index is 2020. The van der Waals surface area contributed by atoms with Gasteiger partial charge in [-0.3, -0.25) is 28.8 Å². The number of fused-ring (bicyclic) bond motifs is 1. The van der Waals surface area contributed by atoms with E-state index in [1.165, 1.54) is 56.0 Å². The summed E-state index contributed by atoms with van der Waals surface area (Å²) >= 11 is 0. The van der Waals surface area contributed by atoms with Gasteiger partial charge in [-0.25, -0.2) is 0 Å². The number of ether oxygens (including phenoxy) is 5. The summed E-state index contributed by atoms with van der Waals surface area (Å²) in [7, 11) is 0. The molecule has 0 unspecified atom stereocenters. The Kier molecular flexibility index (Phi) is 29.6. The molecular weight excluding hydrogens is 865 g/mol. The molecule has 12 heteroatoms. The van der Waals surface area contributed by atoms with Gasteiger partial charge in [0.15, 0.2) is 17.3 Å². The number of esters is 4. The number of hydrogen-bond donors (Lipinski definition) is 0. The van der Waals surface area contributed by atoms with Crippen LogP contribution in [-0.4, -0.2) is 30.3 Å². The topological polar surface area (TPSA) is 162 Å². The van der Waals surface area contributed by atoms with Gasteiger partial charge in [0.1, 0.15) is 22.5 Å². The Morgan fingerprint density at radius 1 is 0.456 bits per heavy atom. The standard InChI is InChI=1S/C56H82O12/c1-5-9-13-17-21-25-29-33-49(58)64-45-38-37-43(39-46(45)65-50(59)34-30-26-22-18-14-10-6-2)55-56(68-52(61)36-32-28-24-20-16-12-8-4)54(62)53-47(40-44(63-42-57)41-48(53)67-55)66-51(60)35-31-27-23-19-15-11-7-3/h37-42H,5-36H2,1-4H3. The molecule has 2 aromatic carbocycles. The first-order valence-electron chi connectivity index (χ1n) is 26.4. The van der Waals surface area contributed by atoms with Crippen molar-refractivity contribution in [2.24, 2.45) is 0 Å². The molecule has 0 saturated heterocycles. The maximum Gasteiger partial charge on any atom is 0.311 e. The molecule has 0 aliphatic carbocycles. The third-order valence-corrected chi connectivity index (χ3v) is 12.1. The largest absolute Gasteiger partial charge is 0.452 e. The molecule has 12 nitrogen and oxygen atoms in total. The van der Waals surface area contributed by atoms with E-state index in [1.807, 2.05) is 0 Å². The number of rotatable bonds is 39. The normalized spacial score (nSPS) is 11.1. The Morgan fingerprint density at radius 2 is 0.838 bits per heavy atom. The SMILES string of the molecule is CCCCCCCCCC(=O)Oc1ccc(-c2oc3cc(OC=O)cc(OC(=O)CCCCCCCCC)c3c(=O)c2OC(=O)CCCCCCCCC)cc1OC(=O)CCCCCCCCC. The molecule has 0 fully saturated rings. The zero-order valence-corrected chi connectivity index (χ0v) is 42.0. The van der Waals surface area contributed by atoms with Crippen LogP contribution in [0.25, 0.3) is 22.3 Å². The van der Waals surface area contributed by atoms with Crippen LogP contribution in [0.3, 0.4) is 0 Å². The lowest BCUT2D eigenvalue weighted by molar-refractivity contribution is -0.137. The first kappa shape index (κ1) is 57.3. The van der Waals surface area contributed by atoms with Crippen LogP contribution >= 0.6 is 0 Å². The van der Waals surface area contributed by atoms with E-state index in [0.717, 1.165) is 128 Å². The summed E-state index contributed by atoms with van der Waals surface area (Å²) in [5.74, 6) is -3.30. The highest BCUT2D eigenvalue weighted by molar-refractivity contribution is 5.92. The summed E-state index contributed by atoms with van der Waals surface area (Å²) in [5.41, 5.74) is -0.779. The molecule has 1 aromatic heterocycles. The van der Waals surface area contributed by atoms with Crippen LogP contribution in [-0.2, 0) is 24.0 Å². The van der Waals surface area contributed by atoms with Gasteiger partial charge in [-0.1, -0.05) is 182 Å². The van der Waals surface area contributed by atoms with Gasteiger partial charge in [0.05, 0.1) is 0 Å². The monoisotopic (exact) mass is 947 g/mol. The van der Waals surface area contributed by atoms with E-state index in [2.05, 4.69) is 27.7 Å². The molecule has 0 aliphatic rings. The van der Waals surface area contributed by atoms with Gasteiger partial charge >= 0.3 is 23.9 Å². The number of carbonyl (C=O) groups excluding carboxylic acids is 5. The van der Waals surface area contributed by atoms with Crippen molar-refractivity contribution in [3.8, 4) is 40.1 Å². The van der Waals surface area contributed by atoms with E-state index >= 15 is 0 Å². The number of carbonyl (C=O) groups is 5. The average Bonchev–Trinajstić information content (AvgIpc) is 3.31. The maximum atomic E-state index is 14.7. The maximum absolute atomic E-state index is 14.7. The summed E-state index contributed by atoms with van der Waals surface area (Å²) in [6.07, 6.45) is 28.4. The van der Waals surface area contributed by atoms with Crippen molar-refractivity contribution < 1.29 is 52.1 Å². The minimum absolute atomic E-state index is 0.00653. The highest BCUT2D eigenvalue weighted by Gasteiger charge is 2.26. The molecular formula is C56H82O12. The molecule has 3 aromatic rings. The van der Waals surface area contributed by atoms with Crippen molar-refractivity contribution >= 4 is 41.3 Å². The fourth-order valence-electron chi connectivity index (χ4n) is 8.13. The summed E-state index contributed by atoms with van der Waals surface area (Å²) < 4.78 is 34.9. The molecule has 378 valence electrons. The van der Waals surface area contributed by atoms with Gasteiger partial charge in [0.25, 0.3) is 6.47 Å². The molecule has 0 bridgehead atoms. The second kappa shape index (κ2) is 35.2. The fourth-order valence-corrected chi connectivity index (χ4v) is 8.13. The van der Waals surface area contributed by atoms with Crippen LogP contribution in [0.15, 0.2) is 39.5 Å². The van der Waals surface area contributed by atoms with E-state index in [-0.39, 0.29) is 77.4 Å². The molecule has 3 rings (SSSR count). The highest BCUT2D eigenvalue weighted by atomic mass is 16.6. The minimum Gasteiger partial charge on any atom is -0.452 e. The summed E-state index contributed by atoms with van der Waals surface area (Å²) in [5, 5.41) is -0.198. The lowest BCUT2D eigenvalue weighted by Crippen LogP contribution is -2.17. The van der Waals surface area contributed by atoms with E-state index in [9.17, 15) is 28.8 Å². The lowest BCUT2D eigenvalue weighted by Gasteiger charge is -2.15. The molecule has 68 heavy (non-hydrogen) atoms. The summed E-state index contributed by atoms with van der Waals surface area (Å²) in [4.78, 5) is 79.5. The second-order valence-electron chi connectivity index (χ2n) is 18.1. The highest BCUT2D eigenvalue weighted by Crippen LogP contribution is 2.40. The van der Waals surface area contributed by atoms with E-state index in [1.54, 1.807) is 0 Å². The van der Waals surface area contributed by atoms with E-state index in [4.69, 9.17) is 28.1 Å². The Balaban J connectivity index is 2.05. The Morgan fingerprint density at radius 3 is 1.26 bits per heavy atom. The van der Waals surface area contributed by atoms with Crippen molar-refractivity contribution in [3.63, 3.8) is 0 Å². The summed E-state index contributed by atoms with van der Waals surface area (Å²) in [6.45, 7) is 8.85. The smallest absolute Gasteiger partial charge is 0.311 e. The molecule has 0 N–H and O–H groups in total. The molecule has 0 atom stereocenters. The van der Waals surface area contributed by atoms with Gasteiger partial charge in [-0.2, -0.15) is 0 Å². The van der Waals surface area contributed by atoms with Crippen LogP contribution in [0.1, 0.15) is 233 Å². The zero-order valence-electron chi connectivity index (χ0n) is 42.0. The van der Waals surface area contributed by atoms with Crippen molar-refractivity contribution in [1.82, 2.24) is 0 Å². The second-order valence-corrected chi connectivity index (χ2v) is 18.1. The van der Waals surface area contributed by atoms with Crippen LogP contribution in [0.5, 0.6) is 28.7 Å². The van der Waals surface area contributed by atoms with Gasteiger partial charge < -0.3 is 28.1 Å². The third-order valence-electron chi connectivity index (χ3n) is 12.1. The zero-order chi connectivity index (χ0) is 49.2. The van der Waals surface area contributed by atoms with Gasteiger partial charge in [0.2, 0.25) is 11.2 Å². The Hall–Kier alpha value is -5.00. The predicted molar refractivity (Wildman–Crippen MR) is 268 cm³/mol. The molecule has 1 heterocycles. The van der Waals surface area contributed by atoms with Gasteiger partial charge in [0, 0.05) is 43.4 Å². The van der Waals surface area contributed by atoms with Crippen LogP contribution in [0.2, 0.25) is 0 Å². The number of benzene rings is 2. The van der Waals surface area contributed by atoms with Crippen molar-refractivity contribution in [2.45, 2.75) is 233 Å². The van der Waals surface area contributed by atoms with Crippen molar-refractivity contribution in [2.75, 3.05) is 0 Å². The molecule has 0 radical (unpaired) electrons. The predicted octanol–water partition coefficient (Wildman–Crippen LogP) is 15.2. The van der Waals surface area contributed by atoms with E-state index < -0.39 is 35.1 Å². The fraction of sp³-hybridized carbons (Fsp3) is 0.643. The van der Waals surface area contributed by atoms with Crippen molar-refractivity contribution in [1.29, 1.82) is 0 Å². The number of hydrogen-bond acceptors (Lipinski definition) is 12. The Labute approximate surface area is 405 Å². The van der Waals surface area contributed by atoms with Gasteiger partial charge in [-0.15, -0.1) is 0 Å². The molecule has 0 aliphatic heterocycles. The minimum atomic E-state index is -0.812. The number of unbranched alkanes of at least 4 members (excludes halogenated alkanes) is 24. The first-order chi connectivity index (χ1) is 33.1. The molecule has 0 amide bonds. The molecule has 0 saturated carbocycles. The van der Waals surface area contributed by atoms with Crippen LogP contribution in [0.4, 0.5) is 0 Å². The average molecular weight is 947 g/mol. The lowest BCUT2D eigenvalue weighted by atomic mass is 10.1. The van der Waals surface area contributed by atoms with Crippen molar-refractivity contribution in [3.05, 3.63) is 40.6 Å². The third kappa shape index (κ3) is 22.4. The van der Waals surface area contributed by atoms with Gasteiger partial charge in [-0.05, 0) is 43.9 Å².